The molecule has 0 spiro atoms. The standard InChI is InChI=1S/C32H36N2O5/c1-33(21-25-15-24-18-28(36-2)30(38-4)20-27(24)25)12-8-13-34-14-11-22-16-29(37-3)31(17-23(22)19-32(34)35)39-26-9-6-5-7-10-26/h5-7,9-11,14,16-18,20,25H,8,12-13,15,19,21H2,1-4H3/t25-/m1/s1. The molecule has 0 radical (unpaired) electrons. The smallest absolute Gasteiger partial charge is 0.230 e. The minimum absolute atomic E-state index is 0.0810. The summed E-state index contributed by atoms with van der Waals surface area (Å²) in [6, 6.07) is 17.6. The highest BCUT2D eigenvalue weighted by Gasteiger charge is 2.29. The van der Waals surface area contributed by atoms with Crippen LogP contribution in [0.4, 0.5) is 0 Å². The second kappa shape index (κ2) is 11.8. The first-order valence-corrected chi connectivity index (χ1v) is 13.3. The Kier molecular flexibility index (Phi) is 8.07. The van der Waals surface area contributed by atoms with Gasteiger partial charge in [-0.15, -0.1) is 0 Å². The first-order chi connectivity index (χ1) is 19.0. The van der Waals surface area contributed by atoms with E-state index in [0.717, 1.165) is 54.3 Å². The lowest BCUT2D eigenvalue weighted by molar-refractivity contribution is -0.127. The fourth-order valence-corrected chi connectivity index (χ4v) is 5.38. The van der Waals surface area contributed by atoms with Gasteiger partial charge in [-0.3, -0.25) is 4.79 Å². The number of fused-ring (bicyclic) bond motifs is 2. The molecular weight excluding hydrogens is 492 g/mol. The second-order valence-corrected chi connectivity index (χ2v) is 10.1. The molecule has 3 aromatic carbocycles. The van der Waals surface area contributed by atoms with E-state index in [0.29, 0.717) is 30.4 Å². The Labute approximate surface area is 230 Å². The molecule has 2 aliphatic rings. The molecule has 1 aliphatic heterocycles. The molecule has 5 rings (SSSR count). The number of ether oxygens (including phenoxy) is 4. The van der Waals surface area contributed by atoms with Gasteiger partial charge in [0.25, 0.3) is 0 Å². The Hall–Kier alpha value is -3.97. The van der Waals surface area contributed by atoms with Gasteiger partial charge in [0.15, 0.2) is 23.0 Å². The maximum absolute atomic E-state index is 13.1. The number of nitrogens with zero attached hydrogens (tertiary/aromatic N) is 2. The predicted molar refractivity (Wildman–Crippen MR) is 152 cm³/mol. The van der Waals surface area contributed by atoms with Gasteiger partial charge >= 0.3 is 0 Å². The number of hydrogen-bond acceptors (Lipinski definition) is 6. The van der Waals surface area contributed by atoms with Crippen LogP contribution in [0.5, 0.6) is 28.7 Å². The predicted octanol–water partition coefficient (Wildman–Crippen LogP) is 5.52. The Balaban J connectivity index is 1.16. The van der Waals surface area contributed by atoms with Crippen LogP contribution in [0.25, 0.3) is 6.08 Å². The Morgan fingerprint density at radius 1 is 0.897 bits per heavy atom. The van der Waals surface area contributed by atoms with Gasteiger partial charge < -0.3 is 28.7 Å². The zero-order chi connectivity index (χ0) is 27.4. The molecule has 0 N–H and O–H groups in total. The lowest BCUT2D eigenvalue weighted by atomic mass is 9.77. The number of benzene rings is 3. The van der Waals surface area contributed by atoms with E-state index in [-0.39, 0.29) is 5.91 Å². The average Bonchev–Trinajstić information content (AvgIpc) is 3.09. The van der Waals surface area contributed by atoms with E-state index in [2.05, 4.69) is 24.1 Å². The number of hydrogen-bond donors (Lipinski definition) is 0. The second-order valence-electron chi connectivity index (χ2n) is 10.1. The van der Waals surface area contributed by atoms with Gasteiger partial charge in [0.2, 0.25) is 5.91 Å². The van der Waals surface area contributed by atoms with Gasteiger partial charge in [0.05, 0.1) is 27.8 Å². The van der Waals surface area contributed by atoms with Crippen molar-refractivity contribution >= 4 is 12.0 Å². The lowest BCUT2D eigenvalue weighted by Crippen LogP contribution is -2.34. The molecule has 7 heteroatoms. The number of carbonyl (C=O) groups is 1. The molecule has 1 aliphatic carbocycles. The van der Waals surface area contributed by atoms with Gasteiger partial charge in [-0.25, -0.2) is 0 Å². The van der Waals surface area contributed by atoms with Gasteiger partial charge in [-0.2, -0.15) is 0 Å². The third-order valence-electron chi connectivity index (χ3n) is 7.51. The first-order valence-electron chi connectivity index (χ1n) is 13.3. The normalized spacial score (nSPS) is 15.8. The zero-order valence-electron chi connectivity index (χ0n) is 23.1. The largest absolute Gasteiger partial charge is 0.493 e. The summed E-state index contributed by atoms with van der Waals surface area (Å²) in [6.07, 6.45) is 6.14. The molecule has 0 saturated carbocycles. The molecule has 0 aromatic heterocycles. The fourth-order valence-electron chi connectivity index (χ4n) is 5.38. The molecule has 0 bridgehead atoms. The van der Waals surface area contributed by atoms with E-state index in [4.69, 9.17) is 18.9 Å². The van der Waals surface area contributed by atoms with Gasteiger partial charge in [-0.1, -0.05) is 18.2 Å². The van der Waals surface area contributed by atoms with Crippen molar-refractivity contribution in [1.29, 1.82) is 0 Å². The molecule has 1 heterocycles. The van der Waals surface area contributed by atoms with Crippen LogP contribution in [0.15, 0.2) is 60.8 Å². The summed E-state index contributed by atoms with van der Waals surface area (Å²) in [6.45, 7) is 2.55. The number of rotatable bonds is 11. The molecule has 39 heavy (non-hydrogen) atoms. The minimum Gasteiger partial charge on any atom is -0.493 e. The van der Waals surface area contributed by atoms with Crippen LogP contribution in [-0.4, -0.2) is 63.7 Å². The first kappa shape index (κ1) is 26.6. The van der Waals surface area contributed by atoms with E-state index < -0.39 is 0 Å². The maximum atomic E-state index is 13.1. The van der Waals surface area contributed by atoms with Crippen molar-refractivity contribution in [2.24, 2.45) is 0 Å². The number of methoxy groups -OCH3 is 3. The van der Waals surface area contributed by atoms with Crippen molar-refractivity contribution in [3.05, 3.63) is 83.1 Å². The van der Waals surface area contributed by atoms with Crippen LogP contribution >= 0.6 is 0 Å². The van der Waals surface area contributed by atoms with Crippen LogP contribution in [0.3, 0.4) is 0 Å². The van der Waals surface area contributed by atoms with Crippen LogP contribution in [-0.2, 0) is 17.6 Å². The third kappa shape index (κ3) is 5.88. The van der Waals surface area contributed by atoms with Gasteiger partial charge in [0.1, 0.15) is 5.75 Å². The van der Waals surface area contributed by atoms with Crippen LogP contribution in [0.1, 0.15) is 34.6 Å². The highest BCUT2D eigenvalue weighted by Crippen LogP contribution is 2.42. The fraction of sp³-hybridized carbons (Fsp3) is 0.344. The molecule has 1 amide bonds. The highest BCUT2D eigenvalue weighted by atomic mass is 16.5. The molecule has 0 unspecified atom stereocenters. The zero-order valence-corrected chi connectivity index (χ0v) is 23.1. The molecular formula is C32H36N2O5. The van der Waals surface area contributed by atoms with E-state index in [1.807, 2.05) is 59.6 Å². The lowest BCUT2D eigenvalue weighted by Gasteiger charge is -2.34. The molecule has 0 fully saturated rings. The summed E-state index contributed by atoms with van der Waals surface area (Å²) in [7, 11) is 7.12. The quantitative estimate of drug-likeness (QED) is 0.327. The van der Waals surface area contributed by atoms with Crippen LogP contribution in [0.2, 0.25) is 0 Å². The van der Waals surface area contributed by atoms with Crippen molar-refractivity contribution in [3.8, 4) is 28.7 Å². The number of para-hydroxylation sites is 1. The molecule has 1 atom stereocenters. The van der Waals surface area contributed by atoms with E-state index in [1.165, 1.54) is 11.1 Å². The van der Waals surface area contributed by atoms with Gasteiger partial charge in [0, 0.05) is 25.2 Å². The topological polar surface area (TPSA) is 60.5 Å². The SMILES string of the molecule is COc1cc2c(cc1OC)[C@@H](CN(C)CCCN1C=Cc3cc(OC)c(Oc4ccccc4)cc3CC1=O)C2. The van der Waals surface area contributed by atoms with Crippen molar-refractivity contribution in [2.45, 2.75) is 25.2 Å². The van der Waals surface area contributed by atoms with Crippen molar-refractivity contribution < 1.29 is 23.7 Å². The number of carbonyl (C=O) groups excluding carboxylic acids is 1. The summed E-state index contributed by atoms with van der Waals surface area (Å²) < 4.78 is 22.6. The van der Waals surface area contributed by atoms with E-state index in [9.17, 15) is 4.79 Å². The molecule has 204 valence electrons. The van der Waals surface area contributed by atoms with Crippen molar-refractivity contribution in [1.82, 2.24) is 9.80 Å². The number of amides is 1. The number of likely N-dealkylation sites (N-methyl/N-ethyl adjacent to an activating group) is 1. The Bertz CT molecular complexity index is 1350. The van der Waals surface area contributed by atoms with E-state index >= 15 is 0 Å². The molecule has 7 nitrogen and oxygen atoms in total. The Morgan fingerprint density at radius 3 is 2.33 bits per heavy atom. The Morgan fingerprint density at radius 2 is 1.59 bits per heavy atom. The molecule has 0 saturated heterocycles. The summed E-state index contributed by atoms with van der Waals surface area (Å²) in [5.41, 5.74) is 4.57. The minimum atomic E-state index is 0.0810. The van der Waals surface area contributed by atoms with Gasteiger partial charge in [-0.05, 0) is 91.2 Å². The summed E-state index contributed by atoms with van der Waals surface area (Å²) >= 11 is 0. The van der Waals surface area contributed by atoms with Crippen molar-refractivity contribution in [3.63, 3.8) is 0 Å². The third-order valence-corrected chi connectivity index (χ3v) is 7.51. The van der Waals surface area contributed by atoms with Crippen LogP contribution in [0, 0.1) is 0 Å². The summed E-state index contributed by atoms with van der Waals surface area (Å²) in [4.78, 5) is 17.3. The van der Waals surface area contributed by atoms with E-state index in [1.54, 1.807) is 21.3 Å². The van der Waals surface area contributed by atoms with Crippen molar-refractivity contribution in [2.75, 3.05) is 48.0 Å². The maximum Gasteiger partial charge on any atom is 0.230 e. The highest BCUT2D eigenvalue weighted by molar-refractivity contribution is 5.84. The summed E-state index contributed by atoms with van der Waals surface area (Å²) in [5.74, 6) is 4.11. The monoisotopic (exact) mass is 528 g/mol. The molecule has 3 aromatic rings. The van der Waals surface area contributed by atoms with Crippen LogP contribution < -0.4 is 18.9 Å². The summed E-state index contributed by atoms with van der Waals surface area (Å²) in [5, 5.41) is 0. The average molecular weight is 529 g/mol.